The molecule has 0 N–H and O–H groups in total. The summed E-state index contributed by atoms with van der Waals surface area (Å²) < 4.78 is 11.0. The van der Waals surface area contributed by atoms with E-state index in [4.69, 9.17) is 9.15 Å². The molecule has 0 aliphatic carbocycles. The summed E-state index contributed by atoms with van der Waals surface area (Å²) in [4.78, 5) is 14.4. The van der Waals surface area contributed by atoms with Gasteiger partial charge >= 0.3 is 5.97 Å². The molecule has 124 valence electrons. The van der Waals surface area contributed by atoms with Crippen molar-refractivity contribution in [3.63, 3.8) is 0 Å². The molecule has 0 bridgehead atoms. The molecule has 1 heterocycles. The average Bonchev–Trinajstić information content (AvgIpc) is 2.99. The van der Waals surface area contributed by atoms with E-state index in [1.54, 1.807) is 6.07 Å². The molecule has 0 aliphatic heterocycles. The zero-order valence-corrected chi connectivity index (χ0v) is 13.9. The minimum Gasteiger partial charge on any atom is -0.455 e. The zero-order chi connectivity index (χ0) is 16.9. The summed E-state index contributed by atoms with van der Waals surface area (Å²) in [5.74, 6) is -0.180. The predicted molar refractivity (Wildman–Crippen MR) is 93.9 cm³/mol. The first kappa shape index (κ1) is 16.3. The van der Waals surface area contributed by atoms with Gasteiger partial charge in [0.15, 0.2) is 0 Å². The molecule has 0 fully saturated rings. The number of fused-ring (bicyclic) bond motifs is 1. The van der Waals surface area contributed by atoms with Crippen LogP contribution in [0.1, 0.15) is 23.0 Å². The van der Waals surface area contributed by atoms with E-state index in [1.165, 1.54) is 5.56 Å². The van der Waals surface area contributed by atoms with Crippen LogP contribution in [-0.4, -0.2) is 30.6 Å². The predicted octanol–water partition coefficient (Wildman–Crippen LogP) is 4.11. The van der Waals surface area contributed by atoms with Crippen molar-refractivity contribution >= 4 is 16.9 Å². The topological polar surface area (TPSA) is 42.7 Å². The molecule has 1 aromatic heterocycles. The second-order valence-electron chi connectivity index (χ2n) is 6.05. The third kappa shape index (κ3) is 4.03. The maximum atomic E-state index is 12.2. The van der Waals surface area contributed by atoms with Crippen LogP contribution in [0.5, 0.6) is 0 Å². The molecule has 3 rings (SSSR count). The highest BCUT2D eigenvalue weighted by Gasteiger charge is 2.17. The number of esters is 1. The van der Waals surface area contributed by atoms with Crippen LogP contribution in [0, 0.1) is 0 Å². The van der Waals surface area contributed by atoms with E-state index in [2.05, 4.69) is 17.0 Å². The van der Waals surface area contributed by atoms with Gasteiger partial charge in [0, 0.05) is 18.5 Å². The lowest BCUT2D eigenvalue weighted by Crippen LogP contribution is -2.30. The van der Waals surface area contributed by atoms with E-state index in [0.29, 0.717) is 12.1 Å². The van der Waals surface area contributed by atoms with Crippen LogP contribution >= 0.6 is 0 Å². The van der Waals surface area contributed by atoms with E-state index < -0.39 is 5.97 Å². The highest BCUT2D eigenvalue weighted by Crippen LogP contribution is 2.19. The molecule has 1 atom stereocenters. The summed E-state index contributed by atoms with van der Waals surface area (Å²) in [6.07, 6.45) is -0.223. The van der Waals surface area contributed by atoms with Crippen molar-refractivity contribution < 1.29 is 13.9 Å². The fourth-order valence-corrected chi connectivity index (χ4v) is 2.76. The first-order valence-electron chi connectivity index (χ1n) is 8.04. The third-order valence-electron chi connectivity index (χ3n) is 3.80. The van der Waals surface area contributed by atoms with Gasteiger partial charge in [0.05, 0.1) is 0 Å². The Balaban J connectivity index is 1.55. The van der Waals surface area contributed by atoms with Gasteiger partial charge in [-0.3, -0.25) is 4.90 Å². The second kappa shape index (κ2) is 7.32. The summed E-state index contributed by atoms with van der Waals surface area (Å²) in [6, 6.07) is 19.5. The van der Waals surface area contributed by atoms with E-state index in [1.807, 2.05) is 56.4 Å². The van der Waals surface area contributed by atoms with Crippen molar-refractivity contribution in [1.82, 2.24) is 4.90 Å². The summed E-state index contributed by atoms with van der Waals surface area (Å²) in [6.45, 7) is 3.36. The molecule has 4 nitrogen and oxygen atoms in total. The van der Waals surface area contributed by atoms with E-state index in [-0.39, 0.29) is 11.9 Å². The Hall–Kier alpha value is -2.59. The number of para-hydroxylation sites is 1. The number of rotatable bonds is 6. The maximum Gasteiger partial charge on any atom is 0.374 e. The van der Waals surface area contributed by atoms with Gasteiger partial charge in [-0.05, 0) is 31.7 Å². The molecule has 0 saturated heterocycles. The second-order valence-corrected chi connectivity index (χ2v) is 6.05. The first-order chi connectivity index (χ1) is 11.6. The molecular weight excluding hydrogens is 302 g/mol. The van der Waals surface area contributed by atoms with Crippen molar-refractivity contribution in [2.24, 2.45) is 0 Å². The summed E-state index contributed by atoms with van der Waals surface area (Å²) in [7, 11) is 2.01. The Bertz CT molecular complexity index is 777. The number of furan rings is 1. The lowest BCUT2D eigenvalue weighted by atomic mass is 10.2. The van der Waals surface area contributed by atoms with Gasteiger partial charge in [-0.15, -0.1) is 0 Å². The van der Waals surface area contributed by atoms with Crippen LogP contribution in [0.25, 0.3) is 11.0 Å². The molecule has 0 unspecified atom stereocenters. The minimum atomic E-state index is -0.424. The third-order valence-corrected chi connectivity index (χ3v) is 3.80. The monoisotopic (exact) mass is 323 g/mol. The van der Waals surface area contributed by atoms with Crippen molar-refractivity contribution in [3.8, 4) is 0 Å². The normalized spacial score (nSPS) is 12.5. The largest absolute Gasteiger partial charge is 0.455 e. The SMILES string of the molecule is C[C@@H](CN(C)Cc1ccccc1)OC(=O)c1cc2ccccc2o1. The van der Waals surface area contributed by atoms with Crippen molar-refractivity contribution in [3.05, 3.63) is 72.0 Å². The van der Waals surface area contributed by atoms with Crippen molar-refractivity contribution in [2.45, 2.75) is 19.6 Å². The molecule has 0 aliphatic rings. The number of nitrogens with zero attached hydrogens (tertiary/aromatic N) is 1. The number of hydrogen-bond acceptors (Lipinski definition) is 4. The van der Waals surface area contributed by atoms with Gasteiger partial charge in [-0.25, -0.2) is 4.79 Å². The molecule has 0 radical (unpaired) electrons. The van der Waals surface area contributed by atoms with Crippen LogP contribution in [0.2, 0.25) is 0 Å². The number of benzene rings is 2. The number of carbonyl (C=O) groups excluding carboxylic acids is 1. The molecule has 24 heavy (non-hydrogen) atoms. The molecule has 0 saturated carbocycles. The molecule has 0 spiro atoms. The smallest absolute Gasteiger partial charge is 0.374 e. The Morgan fingerprint density at radius 2 is 1.83 bits per heavy atom. The number of carbonyl (C=O) groups is 1. The Labute approximate surface area is 141 Å². The van der Waals surface area contributed by atoms with Crippen molar-refractivity contribution in [2.75, 3.05) is 13.6 Å². The van der Waals surface area contributed by atoms with Crippen molar-refractivity contribution in [1.29, 1.82) is 0 Å². The molecule has 0 amide bonds. The molecule has 3 aromatic rings. The number of hydrogen-bond donors (Lipinski definition) is 0. The Morgan fingerprint density at radius 3 is 2.58 bits per heavy atom. The fraction of sp³-hybridized carbons (Fsp3) is 0.250. The minimum absolute atomic E-state index is 0.223. The lowest BCUT2D eigenvalue weighted by molar-refractivity contribution is 0.0236. The Kier molecular flexibility index (Phi) is 4.96. The fourth-order valence-electron chi connectivity index (χ4n) is 2.76. The van der Waals surface area contributed by atoms with Crippen LogP contribution < -0.4 is 0 Å². The first-order valence-corrected chi connectivity index (χ1v) is 8.04. The Morgan fingerprint density at radius 1 is 1.12 bits per heavy atom. The van der Waals surface area contributed by atoms with Gasteiger partial charge in [0.25, 0.3) is 0 Å². The van der Waals surface area contributed by atoms with Crippen LogP contribution in [0.4, 0.5) is 0 Å². The van der Waals surface area contributed by atoms with Gasteiger partial charge < -0.3 is 9.15 Å². The maximum absolute atomic E-state index is 12.2. The van der Waals surface area contributed by atoms with Gasteiger partial charge in [0.2, 0.25) is 5.76 Å². The average molecular weight is 323 g/mol. The van der Waals surface area contributed by atoms with E-state index in [0.717, 1.165) is 11.9 Å². The molecule has 4 heteroatoms. The summed E-state index contributed by atoms with van der Waals surface area (Å²) >= 11 is 0. The van der Waals surface area contributed by atoms with Gasteiger partial charge in [-0.1, -0.05) is 48.5 Å². The van der Waals surface area contributed by atoms with Gasteiger partial charge in [0.1, 0.15) is 11.7 Å². The number of ether oxygens (including phenoxy) is 1. The van der Waals surface area contributed by atoms with Gasteiger partial charge in [-0.2, -0.15) is 0 Å². The van der Waals surface area contributed by atoms with Crippen LogP contribution in [-0.2, 0) is 11.3 Å². The summed E-state index contributed by atoms with van der Waals surface area (Å²) in [5, 5.41) is 0.901. The molecule has 2 aromatic carbocycles. The summed E-state index contributed by atoms with van der Waals surface area (Å²) in [5.41, 5.74) is 1.93. The number of likely N-dealkylation sites (N-methyl/N-ethyl adjacent to an activating group) is 1. The van der Waals surface area contributed by atoms with E-state index in [9.17, 15) is 4.79 Å². The highest BCUT2D eigenvalue weighted by molar-refractivity contribution is 5.92. The van der Waals surface area contributed by atoms with Crippen LogP contribution in [0.3, 0.4) is 0 Å². The zero-order valence-electron chi connectivity index (χ0n) is 13.9. The highest BCUT2D eigenvalue weighted by atomic mass is 16.6. The van der Waals surface area contributed by atoms with E-state index >= 15 is 0 Å². The molecular formula is C20H21NO3. The quantitative estimate of drug-likeness (QED) is 0.640. The standard InChI is InChI=1S/C20H21NO3/c1-15(13-21(2)14-16-8-4-3-5-9-16)23-20(22)19-12-17-10-6-7-11-18(17)24-19/h3-12,15H,13-14H2,1-2H3/t15-/m0/s1. The van der Waals surface area contributed by atoms with Crippen LogP contribution in [0.15, 0.2) is 65.1 Å². The lowest BCUT2D eigenvalue weighted by Gasteiger charge is -2.21.